The summed E-state index contributed by atoms with van der Waals surface area (Å²) in [4.78, 5) is 0. The Morgan fingerprint density at radius 2 is 1.95 bits per heavy atom. The third-order valence-corrected chi connectivity index (χ3v) is 4.73. The Morgan fingerprint density at radius 3 is 2.60 bits per heavy atom. The fourth-order valence-electron chi connectivity index (χ4n) is 3.40. The molecule has 0 bridgehead atoms. The molecule has 20 heavy (non-hydrogen) atoms. The van der Waals surface area contributed by atoms with E-state index in [-0.39, 0.29) is 11.2 Å². The normalized spacial score (nSPS) is 19.9. The minimum atomic E-state index is -0.172. The Balaban J connectivity index is 1.77. The van der Waals surface area contributed by atoms with Gasteiger partial charge in [0.1, 0.15) is 11.6 Å². The molecular weight excluding hydrogens is 253 g/mol. The zero-order valence-electron chi connectivity index (χ0n) is 11.4. The molecule has 0 atom stereocenters. The highest BCUT2D eigenvalue weighted by Crippen LogP contribution is 2.49. The molecule has 2 aliphatic rings. The maximum atomic E-state index is 13.2. The van der Waals surface area contributed by atoms with E-state index < -0.39 is 0 Å². The zero-order valence-corrected chi connectivity index (χ0v) is 11.4. The molecule has 0 unspecified atom stereocenters. The van der Waals surface area contributed by atoms with Crippen LogP contribution in [0, 0.1) is 5.82 Å². The van der Waals surface area contributed by atoms with E-state index in [9.17, 15) is 4.39 Å². The predicted octanol–water partition coefficient (Wildman–Crippen LogP) is 3.31. The first-order valence-corrected chi connectivity index (χ1v) is 7.36. The van der Waals surface area contributed by atoms with Crippen molar-refractivity contribution in [2.75, 3.05) is 11.9 Å². The van der Waals surface area contributed by atoms with E-state index in [0.717, 1.165) is 43.9 Å². The lowest BCUT2D eigenvalue weighted by Crippen LogP contribution is -2.36. The van der Waals surface area contributed by atoms with Crippen LogP contribution < -0.4 is 5.32 Å². The van der Waals surface area contributed by atoms with Gasteiger partial charge in [-0.2, -0.15) is 5.10 Å². The molecule has 0 amide bonds. The molecule has 0 radical (unpaired) electrons. The molecule has 1 aliphatic carbocycles. The van der Waals surface area contributed by atoms with E-state index in [4.69, 9.17) is 5.10 Å². The van der Waals surface area contributed by atoms with Crippen molar-refractivity contribution >= 4 is 5.82 Å². The Kier molecular flexibility index (Phi) is 2.59. The average Bonchev–Trinajstić information content (AvgIpc) is 2.83. The van der Waals surface area contributed by atoms with Crippen molar-refractivity contribution in [3.8, 4) is 0 Å². The number of hydrogen-bond donors (Lipinski definition) is 1. The van der Waals surface area contributed by atoms with E-state index in [1.165, 1.54) is 12.0 Å². The Morgan fingerprint density at radius 1 is 1.15 bits per heavy atom. The average molecular weight is 271 g/mol. The number of halogens is 1. The lowest BCUT2D eigenvalue weighted by atomic mass is 9.62. The van der Waals surface area contributed by atoms with Crippen LogP contribution >= 0.6 is 0 Å². The highest BCUT2D eigenvalue weighted by Gasteiger charge is 2.42. The van der Waals surface area contributed by atoms with Crippen molar-refractivity contribution in [1.82, 2.24) is 9.78 Å². The lowest BCUT2D eigenvalue weighted by Gasteiger charge is -2.41. The van der Waals surface area contributed by atoms with Gasteiger partial charge in [-0.25, -0.2) is 9.07 Å². The van der Waals surface area contributed by atoms with E-state index in [1.54, 1.807) is 12.1 Å². The van der Waals surface area contributed by atoms with Crippen LogP contribution in [0.15, 0.2) is 30.3 Å². The summed E-state index contributed by atoms with van der Waals surface area (Å²) < 4.78 is 15.2. The van der Waals surface area contributed by atoms with Gasteiger partial charge >= 0.3 is 0 Å². The Labute approximate surface area is 117 Å². The van der Waals surface area contributed by atoms with Crippen LogP contribution in [-0.2, 0) is 12.0 Å². The fourth-order valence-corrected chi connectivity index (χ4v) is 3.40. The van der Waals surface area contributed by atoms with Gasteiger partial charge in [0.2, 0.25) is 0 Å². The number of hydrogen-bond acceptors (Lipinski definition) is 2. The molecule has 2 aromatic rings. The summed E-state index contributed by atoms with van der Waals surface area (Å²) in [5, 5.41) is 8.21. The summed E-state index contributed by atoms with van der Waals surface area (Å²) in [6.45, 7) is 2.01. The Bertz CT molecular complexity index is 602. The zero-order chi connectivity index (χ0) is 13.6. The van der Waals surface area contributed by atoms with Gasteiger partial charge in [0.25, 0.3) is 0 Å². The minimum Gasteiger partial charge on any atom is -0.370 e. The lowest BCUT2D eigenvalue weighted by molar-refractivity contribution is 0.290. The van der Waals surface area contributed by atoms with Gasteiger partial charge in [0.15, 0.2) is 0 Å². The molecule has 2 heterocycles. The maximum absolute atomic E-state index is 13.2. The third-order valence-electron chi connectivity index (χ3n) is 4.73. The smallest absolute Gasteiger partial charge is 0.124 e. The molecule has 1 aliphatic heterocycles. The SMILES string of the molecule is Fc1ccc(C2(c3cc4n(n3)CCCN4)CCC2)cc1. The Hall–Kier alpha value is -1.84. The second-order valence-electron chi connectivity index (χ2n) is 5.86. The number of benzene rings is 1. The van der Waals surface area contributed by atoms with Crippen LogP contribution in [0.3, 0.4) is 0 Å². The first-order chi connectivity index (χ1) is 9.78. The second kappa shape index (κ2) is 4.33. The quantitative estimate of drug-likeness (QED) is 0.908. The van der Waals surface area contributed by atoms with Crippen LogP contribution in [0.4, 0.5) is 10.2 Å². The van der Waals surface area contributed by atoms with Gasteiger partial charge in [-0.05, 0) is 37.0 Å². The van der Waals surface area contributed by atoms with Gasteiger partial charge in [-0.15, -0.1) is 0 Å². The third kappa shape index (κ3) is 1.67. The standard InChI is InChI=1S/C16H18FN3/c17-13-5-3-12(4-6-13)16(7-1-8-16)14-11-15-18-9-2-10-20(15)19-14/h3-6,11,18H,1-2,7-10H2. The van der Waals surface area contributed by atoms with Crippen LogP contribution in [0.25, 0.3) is 0 Å². The first-order valence-electron chi connectivity index (χ1n) is 7.36. The summed E-state index contributed by atoms with van der Waals surface area (Å²) >= 11 is 0. The van der Waals surface area contributed by atoms with Crippen LogP contribution in [0.1, 0.15) is 36.9 Å². The molecule has 1 N–H and O–H groups in total. The molecule has 3 nitrogen and oxygen atoms in total. The van der Waals surface area contributed by atoms with Crippen molar-refractivity contribution in [3.63, 3.8) is 0 Å². The van der Waals surface area contributed by atoms with Crippen LogP contribution in [0.5, 0.6) is 0 Å². The molecule has 0 saturated heterocycles. The molecule has 1 fully saturated rings. The number of aromatic nitrogens is 2. The first kappa shape index (κ1) is 11.9. The second-order valence-corrected chi connectivity index (χ2v) is 5.86. The number of nitrogens with one attached hydrogen (secondary N) is 1. The van der Waals surface area contributed by atoms with Gasteiger partial charge in [-0.3, -0.25) is 0 Å². The number of anilines is 1. The van der Waals surface area contributed by atoms with Crippen molar-refractivity contribution < 1.29 is 4.39 Å². The summed E-state index contributed by atoms with van der Waals surface area (Å²) in [7, 11) is 0. The number of rotatable bonds is 2. The van der Waals surface area contributed by atoms with Gasteiger partial charge < -0.3 is 5.32 Å². The highest BCUT2D eigenvalue weighted by molar-refractivity contribution is 5.46. The van der Waals surface area contributed by atoms with Gasteiger partial charge in [0, 0.05) is 24.6 Å². The number of aryl methyl sites for hydroxylation is 1. The molecule has 4 rings (SSSR count). The largest absolute Gasteiger partial charge is 0.370 e. The molecule has 1 aromatic carbocycles. The van der Waals surface area contributed by atoms with Crippen molar-refractivity contribution in [3.05, 3.63) is 47.4 Å². The number of fused-ring (bicyclic) bond motifs is 1. The van der Waals surface area contributed by atoms with E-state index in [1.807, 2.05) is 12.1 Å². The van der Waals surface area contributed by atoms with E-state index in [0.29, 0.717) is 0 Å². The molecular formula is C16H18FN3. The van der Waals surface area contributed by atoms with Crippen LogP contribution in [0.2, 0.25) is 0 Å². The van der Waals surface area contributed by atoms with Crippen molar-refractivity contribution in [1.29, 1.82) is 0 Å². The van der Waals surface area contributed by atoms with E-state index in [2.05, 4.69) is 16.1 Å². The molecule has 1 saturated carbocycles. The van der Waals surface area contributed by atoms with E-state index >= 15 is 0 Å². The maximum Gasteiger partial charge on any atom is 0.124 e. The molecule has 0 spiro atoms. The predicted molar refractivity (Wildman–Crippen MR) is 76.4 cm³/mol. The minimum absolute atomic E-state index is 0.000278. The fraction of sp³-hybridized carbons (Fsp3) is 0.438. The summed E-state index contributed by atoms with van der Waals surface area (Å²) in [5.41, 5.74) is 2.33. The topological polar surface area (TPSA) is 29.9 Å². The molecule has 104 valence electrons. The molecule has 1 aromatic heterocycles. The van der Waals surface area contributed by atoms with Gasteiger partial charge in [0.05, 0.1) is 5.69 Å². The van der Waals surface area contributed by atoms with Crippen molar-refractivity contribution in [2.24, 2.45) is 0 Å². The summed E-state index contributed by atoms with van der Waals surface area (Å²) in [6, 6.07) is 9.13. The monoisotopic (exact) mass is 271 g/mol. The van der Waals surface area contributed by atoms with Gasteiger partial charge in [-0.1, -0.05) is 18.6 Å². The highest BCUT2D eigenvalue weighted by atomic mass is 19.1. The number of nitrogens with zero attached hydrogens (tertiary/aromatic N) is 2. The summed E-state index contributed by atoms with van der Waals surface area (Å²) in [5.74, 6) is 0.952. The summed E-state index contributed by atoms with van der Waals surface area (Å²) in [6.07, 6.45) is 4.55. The van der Waals surface area contributed by atoms with Crippen LogP contribution in [-0.4, -0.2) is 16.3 Å². The molecule has 4 heteroatoms. The van der Waals surface area contributed by atoms with Crippen molar-refractivity contribution in [2.45, 2.75) is 37.6 Å².